The lowest BCUT2D eigenvalue weighted by molar-refractivity contribution is 0.691. The Bertz CT molecular complexity index is 2390. The van der Waals surface area contributed by atoms with E-state index in [1.807, 2.05) is 24.3 Å². The third-order valence-electron chi connectivity index (χ3n) is 10.9. The van der Waals surface area contributed by atoms with Crippen molar-refractivity contribution < 1.29 is 0 Å². The number of nitrogens with one attached hydrogen (secondary N) is 1. The Balaban J connectivity index is 1.33. The third-order valence-corrected chi connectivity index (χ3v) is 12.0. The van der Waals surface area contributed by atoms with Gasteiger partial charge in [-0.05, 0) is 129 Å². The molecule has 1 N–H and O–H groups in total. The number of thiophene rings is 1. The summed E-state index contributed by atoms with van der Waals surface area (Å²) in [5.74, 6) is 0.189. The molecule has 4 aromatic rings. The van der Waals surface area contributed by atoms with E-state index in [2.05, 4.69) is 179 Å². The maximum absolute atomic E-state index is 4.80. The minimum Gasteiger partial charge on any atom is -0.360 e. The summed E-state index contributed by atoms with van der Waals surface area (Å²) >= 11 is 1.89. The molecule has 284 valence electrons. The Morgan fingerprint density at radius 1 is 0.893 bits per heavy atom. The third kappa shape index (κ3) is 10.0. The summed E-state index contributed by atoms with van der Waals surface area (Å²) in [7, 11) is 0. The maximum atomic E-state index is 4.80. The molecule has 2 unspecified atom stereocenters. The van der Waals surface area contributed by atoms with Gasteiger partial charge in [0.1, 0.15) is 6.17 Å². The van der Waals surface area contributed by atoms with Gasteiger partial charge in [0, 0.05) is 31.5 Å². The molecule has 0 fully saturated rings. The minimum absolute atomic E-state index is 0.189. The van der Waals surface area contributed by atoms with Gasteiger partial charge in [-0.15, -0.1) is 17.9 Å². The van der Waals surface area contributed by atoms with Crippen LogP contribution in [0.25, 0.3) is 27.3 Å². The predicted octanol–water partition coefficient (Wildman–Crippen LogP) is 12.5. The Morgan fingerprint density at radius 3 is 2.36 bits per heavy atom. The van der Waals surface area contributed by atoms with Crippen LogP contribution in [-0.4, -0.2) is 12.9 Å². The van der Waals surface area contributed by atoms with Crippen molar-refractivity contribution in [3.63, 3.8) is 0 Å². The van der Waals surface area contributed by atoms with Gasteiger partial charge in [-0.1, -0.05) is 146 Å². The summed E-state index contributed by atoms with van der Waals surface area (Å²) in [6.07, 6.45) is 30.6. The summed E-state index contributed by atoms with van der Waals surface area (Å²) < 4.78 is 2.65. The molecule has 2 aliphatic rings. The summed E-state index contributed by atoms with van der Waals surface area (Å²) in [6, 6.07) is 28.4. The van der Waals surface area contributed by atoms with E-state index >= 15 is 0 Å². The Kier molecular flexibility index (Phi) is 14.3. The number of hydrogen-bond acceptors (Lipinski definition) is 3. The topological polar surface area (TPSA) is 24.4 Å². The lowest BCUT2D eigenvalue weighted by atomic mass is 9.88. The van der Waals surface area contributed by atoms with Gasteiger partial charge in [0.25, 0.3) is 0 Å². The van der Waals surface area contributed by atoms with E-state index in [0.29, 0.717) is 0 Å². The van der Waals surface area contributed by atoms with Gasteiger partial charge in [-0.3, -0.25) is 4.99 Å². The fourth-order valence-corrected chi connectivity index (χ4v) is 8.87. The van der Waals surface area contributed by atoms with E-state index in [1.165, 1.54) is 64.4 Å². The zero-order valence-corrected chi connectivity index (χ0v) is 34.3. The average Bonchev–Trinajstić information content (AvgIpc) is 3.62. The molecule has 0 amide bonds. The van der Waals surface area contributed by atoms with Crippen LogP contribution < -0.4 is 15.1 Å². The Hall–Kier alpha value is -5.51. The van der Waals surface area contributed by atoms with Crippen LogP contribution in [0, 0.1) is 5.92 Å². The maximum Gasteiger partial charge on any atom is 0.140 e. The van der Waals surface area contributed by atoms with Crippen molar-refractivity contribution in [3.05, 3.63) is 207 Å². The quantitative estimate of drug-likeness (QED) is 0.0648. The van der Waals surface area contributed by atoms with Gasteiger partial charge in [-0.25, -0.2) is 0 Å². The Labute approximate surface area is 339 Å². The molecule has 0 bridgehead atoms. The number of hydrogen-bond donors (Lipinski definition) is 1. The van der Waals surface area contributed by atoms with Crippen molar-refractivity contribution >= 4 is 45.4 Å². The summed E-state index contributed by atoms with van der Waals surface area (Å²) in [5, 5.41) is 6.57. The van der Waals surface area contributed by atoms with E-state index in [9.17, 15) is 0 Å². The normalized spacial score (nSPS) is 16.3. The molecule has 3 heteroatoms. The molecule has 0 aliphatic heterocycles. The average molecular weight is 753 g/mol. The molecule has 0 saturated carbocycles. The molecule has 2 aliphatic carbocycles. The van der Waals surface area contributed by atoms with Crippen molar-refractivity contribution in [1.82, 2.24) is 5.32 Å². The molecule has 6 rings (SSSR count). The van der Waals surface area contributed by atoms with Gasteiger partial charge in [-0.2, -0.15) is 0 Å². The monoisotopic (exact) mass is 752 g/mol. The van der Waals surface area contributed by atoms with E-state index in [-0.39, 0.29) is 12.1 Å². The number of benzene rings is 3. The molecule has 56 heavy (non-hydrogen) atoms. The fourth-order valence-electron chi connectivity index (χ4n) is 7.68. The summed E-state index contributed by atoms with van der Waals surface area (Å²) in [4.78, 5) is 4.80. The van der Waals surface area contributed by atoms with Crippen molar-refractivity contribution in [2.24, 2.45) is 10.9 Å². The highest BCUT2D eigenvalue weighted by molar-refractivity contribution is 7.17. The highest BCUT2D eigenvalue weighted by atomic mass is 32.1. The molecule has 0 saturated heterocycles. The summed E-state index contributed by atoms with van der Waals surface area (Å²) in [5.41, 5.74) is 12.6. The van der Waals surface area contributed by atoms with Crippen molar-refractivity contribution in [1.29, 1.82) is 0 Å². The first kappa shape index (κ1) is 40.2. The predicted molar refractivity (Wildman–Crippen MR) is 247 cm³/mol. The lowest BCUT2D eigenvalue weighted by Crippen LogP contribution is -2.37. The summed E-state index contributed by atoms with van der Waals surface area (Å²) in [6.45, 7) is 19.0. The standard InChI is InChI=1S/C53H56N2S/c1-7-10-19-38(4)39(5)36-42(9-3)43(18-8-2)29-26-41-28-35-50-48(37-41)52-47(24-17-25-51(52)56-50)53(54-6)55-49(34-27-40-20-13-11-14-21-40)46-32-30-45(31-33-46)44-22-15-12-16-23-44/h7-16,18-23,25,28-30,32,34-35,37,42,53,55H,3,5-6,17,24,26-27,31,33,36H2,1-2,4H3/b10-7-,18-8-,38-19+,43-29+,49-34-. The van der Waals surface area contributed by atoms with Crippen LogP contribution in [-0.2, 0) is 12.8 Å². The van der Waals surface area contributed by atoms with Crippen LogP contribution in [0.5, 0.6) is 0 Å². The van der Waals surface area contributed by atoms with Crippen LogP contribution in [0.3, 0.4) is 0 Å². The number of allylic oxidation sites excluding steroid dienone is 15. The molecule has 0 spiro atoms. The van der Waals surface area contributed by atoms with Crippen LogP contribution in [0.4, 0.5) is 0 Å². The highest BCUT2D eigenvalue weighted by Crippen LogP contribution is 2.31. The van der Waals surface area contributed by atoms with E-state index < -0.39 is 0 Å². The minimum atomic E-state index is -0.237. The van der Waals surface area contributed by atoms with Crippen LogP contribution in [0.15, 0.2) is 186 Å². The van der Waals surface area contributed by atoms with Crippen LogP contribution in [0.2, 0.25) is 0 Å². The van der Waals surface area contributed by atoms with Gasteiger partial charge >= 0.3 is 0 Å². The first-order valence-corrected chi connectivity index (χ1v) is 20.8. The molecular weight excluding hydrogens is 697 g/mol. The lowest BCUT2D eigenvalue weighted by Gasteiger charge is -2.25. The van der Waals surface area contributed by atoms with Crippen molar-refractivity contribution in [2.75, 3.05) is 0 Å². The molecule has 2 nitrogen and oxygen atoms in total. The smallest absolute Gasteiger partial charge is 0.140 e. The molecule has 1 aromatic heterocycles. The molecular formula is C53H56N2S. The van der Waals surface area contributed by atoms with Crippen LogP contribution >= 0.6 is 11.3 Å². The SMILES string of the molecule is C=CC(CC(=C)/C(C)=C/C=C\C)C(/C=C\C)=C/Cc1ccc2sc3c(c2c1)=C(C(N=C)N/C(=C\Cc1ccccc1)C1=CC=C(c2ccccc2)CC1)CCC=3. The van der Waals surface area contributed by atoms with E-state index in [4.69, 9.17) is 4.99 Å². The second-order valence-corrected chi connectivity index (χ2v) is 15.7. The van der Waals surface area contributed by atoms with Gasteiger partial charge in [0.15, 0.2) is 0 Å². The highest BCUT2D eigenvalue weighted by Gasteiger charge is 2.21. The Morgan fingerprint density at radius 2 is 1.66 bits per heavy atom. The zero-order chi connectivity index (χ0) is 39.3. The zero-order valence-electron chi connectivity index (χ0n) is 33.4. The van der Waals surface area contributed by atoms with E-state index in [0.717, 1.165) is 56.2 Å². The van der Waals surface area contributed by atoms with Gasteiger partial charge in [0.2, 0.25) is 0 Å². The van der Waals surface area contributed by atoms with Crippen molar-refractivity contribution in [3.8, 4) is 0 Å². The largest absolute Gasteiger partial charge is 0.360 e. The molecule has 3 aromatic carbocycles. The number of fused-ring (bicyclic) bond motifs is 3. The number of nitrogens with zero attached hydrogens (tertiary/aromatic N) is 1. The second kappa shape index (κ2) is 19.9. The second-order valence-electron chi connectivity index (χ2n) is 14.7. The first-order chi connectivity index (χ1) is 27.4. The van der Waals surface area contributed by atoms with Crippen LogP contribution in [0.1, 0.15) is 69.6 Å². The fraction of sp³-hybridized carbons (Fsp3) is 0.226. The molecule has 2 atom stereocenters. The van der Waals surface area contributed by atoms with Crippen molar-refractivity contribution in [2.45, 2.75) is 71.9 Å². The molecule has 1 heterocycles. The molecule has 0 radical (unpaired) electrons. The van der Waals surface area contributed by atoms with Gasteiger partial charge < -0.3 is 5.32 Å². The number of rotatable bonds is 17. The van der Waals surface area contributed by atoms with Gasteiger partial charge in [0.05, 0.1) is 0 Å². The first-order valence-electron chi connectivity index (χ1n) is 20.0. The van der Waals surface area contributed by atoms with E-state index in [1.54, 1.807) is 0 Å². The number of aliphatic imine (C=N–C) groups is 1.